The number of nitrogens with one attached hydrogen (secondary N) is 1. The molecule has 0 spiro atoms. The van der Waals surface area contributed by atoms with Gasteiger partial charge in [0.1, 0.15) is 11.9 Å². The van der Waals surface area contributed by atoms with Crippen LogP contribution in [0.5, 0.6) is 0 Å². The molecule has 2 fully saturated rings. The van der Waals surface area contributed by atoms with Crippen molar-refractivity contribution in [1.29, 1.82) is 0 Å². The molecule has 2 saturated heterocycles. The molecule has 0 saturated carbocycles. The number of halogens is 1. The zero-order valence-corrected chi connectivity index (χ0v) is 13.4. The van der Waals surface area contributed by atoms with Gasteiger partial charge in [0.25, 0.3) is 0 Å². The smallest absolute Gasteiger partial charge is 0.318 e. The van der Waals surface area contributed by atoms with E-state index in [0.717, 1.165) is 0 Å². The highest BCUT2D eigenvalue weighted by molar-refractivity contribution is 6.02. The number of carbonyl (C=O) groups is 3. The topological polar surface area (TPSA) is 69.7 Å². The molecule has 3 atom stereocenters. The van der Waals surface area contributed by atoms with Crippen LogP contribution in [0.4, 0.5) is 9.18 Å². The molecule has 2 aliphatic heterocycles. The van der Waals surface area contributed by atoms with Crippen molar-refractivity contribution in [2.75, 3.05) is 7.05 Å². The molecule has 0 radical (unpaired) electrons. The summed E-state index contributed by atoms with van der Waals surface area (Å²) in [4.78, 5) is 39.1. The van der Waals surface area contributed by atoms with Gasteiger partial charge in [-0.25, -0.2) is 9.18 Å². The Kier molecular flexibility index (Phi) is 3.74. The van der Waals surface area contributed by atoms with Crippen molar-refractivity contribution in [1.82, 2.24) is 15.1 Å². The number of piperidine rings is 1. The molecule has 0 aromatic rings. The maximum atomic E-state index is 14.2. The number of fused-ring (bicyclic) bond motifs is 1. The molecule has 4 amide bonds. The van der Waals surface area contributed by atoms with E-state index in [-0.39, 0.29) is 30.1 Å². The van der Waals surface area contributed by atoms with Gasteiger partial charge >= 0.3 is 6.03 Å². The highest BCUT2D eigenvalue weighted by Crippen LogP contribution is 2.38. The minimum atomic E-state index is -0.697. The Labute approximate surface area is 134 Å². The molecule has 0 aromatic heterocycles. The quantitative estimate of drug-likeness (QED) is 0.781. The summed E-state index contributed by atoms with van der Waals surface area (Å²) in [5.74, 6) is -1.15. The summed E-state index contributed by atoms with van der Waals surface area (Å²) in [5.41, 5.74) is 0.572. The summed E-state index contributed by atoms with van der Waals surface area (Å²) in [7, 11) is 1.63. The number of allylic oxidation sites excluding steroid dienone is 2. The van der Waals surface area contributed by atoms with Crippen LogP contribution in [0.1, 0.15) is 26.7 Å². The third-order valence-electron chi connectivity index (χ3n) is 4.79. The van der Waals surface area contributed by atoms with E-state index >= 15 is 0 Å². The molecule has 7 heteroatoms. The molecular formula is C16H20FN3O3. The van der Waals surface area contributed by atoms with Crippen LogP contribution in [0.3, 0.4) is 0 Å². The van der Waals surface area contributed by atoms with Gasteiger partial charge in [-0.3, -0.25) is 14.9 Å². The van der Waals surface area contributed by atoms with Crippen LogP contribution < -0.4 is 5.32 Å². The van der Waals surface area contributed by atoms with Gasteiger partial charge in [0.05, 0.1) is 12.1 Å². The van der Waals surface area contributed by atoms with Gasteiger partial charge in [-0.2, -0.15) is 0 Å². The van der Waals surface area contributed by atoms with Crippen molar-refractivity contribution in [3.05, 3.63) is 23.6 Å². The van der Waals surface area contributed by atoms with Gasteiger partial charge in [0.15, 0.2) is 0 Å². The van der Waals surface area contributed by atoms with Crippen LogP contribution in [0.15, 0.2) is 23.6 Å². The standard InChI is InChI=1S/C16H20FN3O3/c1-8(2)13-9(17)4-5-10-14(13)19(3)16(23)20(10)11-6-7-12(21)18-15(11)22/h4-5,8,10-11,14H,6-7H2,1-3H3,(H,18,21,22). The Bertz CT molecular complexity index is 640. The Morgan fingerprint density at radius 1 is 1.30 bits per heavy atom. The summed E-state index contributed by atoms with van der Waals surface area (Å²) in [6.45, 7) is 3.77. The van der Waals surface area contributed by atoms with Gasteiger partial charge < -0.3 is 9.80 Å². The summed E-state index contributed by atoms with van der Waals surface area (Å²) >= 11 is 0. The van der Waals surface area contributed by atoms with Crippen molar-refractivity contribution in [3.63, 3.8) is 0 Å². The number of likely N-dealkylation sites (N-methyl/N-ethyl adjacent to an activating group) is 1. The molecule has 124 valence electrons. The number of imide groups is 1. The van der Waals surface area contributed by atoms with E-state index in [9.17, 15) is 18.8 Å². The number of hydrogen-bond acceptors (Lipinski definition) is 3. The zero-order valence-electron chi connectivity index (χ0n) is 13.4. The first-order valence-electron chi connectivity index (χ1n) is 7.79. The van der Waals surface area contributed by atoms with E-state index in [1.165, 1.54) is 15.9 Å². The fourth-order valence-corrected chi connectivity index (χ4v) is 3.73. The summed E-state index contributed by atoms with van der Waals surface area (Å²) in [6.07, 6.45) is 3.51. The number of amides is 4. The fourth-order valence-electron chi connectivity index (χ4n) is 3.73. The van der Waals surface area contributed by atoms with E-state index in [4.69, 9.17) is 0 Å². The number of carbonyl (C=O) groups excluding carboxylic acids is 3. The Morgan fingerprint density at radius 3 is 2.61 bits per heavy atom. The minimum absolute atomic E-state index is 0.0515. The lowest BCUT2D eigenvalue weighted by Crippen LogP contribution is -2.55. The molecule has 6 nitrogen and oxygen atoms in total. The molecule has 3 aliphatic rings. The van der Waals surface area contributed by atoms with Crippen molar-refractivity contribution in [3.8, 4) is 0 Å². The second-order valence-corrected chi connectivity index (χ2v) is 6.52. The first-order valence-corrected chi connectivity index (χ1v) is 7.79. The highest BCUT2D eigenvalue weighted by atomic mass is 19.1. The molecule has 2 heterocycles. The van der Waals surface area contributed by atoms with Gasteiger partial charge in [-0.15, -0.1) is 0 Å². The third kappa shape index (κ3) is 2.34. The van der Waals surface area contributed by atoms with Crippen LogP contribution in [0.2, 0.25) is 0 Å². The molecule has 3 unspecified atom stereocenters. The van der Waals surface area contributed by atoms with Gasteiger partial charge in [-0.1, -0.05) is 19.9 Å². The Balaban J connectivity index is 1.96. The molecular weight excluding hydrogens is 301 g/mol. The second-order valence-electron chi connectivity index (χ2n) is 6.52. The third-order valence-corrected chi connectivity index (χ3v) is 4.79. The molecule has 0 aromatic carbocycles. The van der Waals surface area contributed by atoms with Crippen LogP contribution in [0, 0.1) is 5.92 Å². The average molecular weight is 321 g/mol. The monoisotopic (exact) mass is 321 g/mol. The SMILES string of the molecule is CC(C)C1=C(F)C=CC2C1N(C)C(=O)N2C1CCC(=O)NC1=O. The fraction of sp³-hybridized carbons (Fsp3) is 0.562. The van der Waals surface area contributed by atoms with Crippen molar-refractivity contribution < 1.29 is 18.8 Å². The maximum Gasteiger partial charge on any atom is 0.321 e. The van der Waals surface area contributed by atoms with Crippen LogP contribution in [0.25, 0.3) is 0 Å². The van der Waals surface area contributed by atoms with Crippen molar-refractivity contribution in [2.24, 2.45) is 5.92 Å². The highest BCUT2D eigenvalue weighted by Gasteiger charge is 2.51. The Morgan fingerprint density at radius 2 is 2.00 bits per heavy atom. The van der Waals surface area contributed by atoms with Gasteiger partial charge in [-0.05, 0) is 24.0 Å². The number of urea groups is 1. The number of hydrogen-bond donors (Lipinski definition) is 1. The lowest BCUT2D eigenvalue weighted by Gasteiger charge is -2.35. The van der Waals surface area contributed by atoms with E-state index in [1.807, 2.05) is 13.8 Å². The first kappa shape index (κ1) is 15.7. The van der Waals surface area contributed by atoms with E-state index in [0.29, 0.717) is 12.0 Å². The molecule has 1 aliphatic carbocycles. The summed E-state index contributed by atoms with van der Waals surface area (Å²) < 4.78 is 14.2. The maximum absolute atomic E-state index is 14.2. The van der Waals surface area contributed by atoms with E-state index < -0.39 is 24.0 Å². The minimum Gasteiger partial charge on any atom is -0.318 e. The second kappa shape index (κ2) is 5.47. The lowest BCUT2D eigenvalue weighted by atomic mass is 9.85. The molecule has 1 N–H and O–H groups in total. The van der Waals surface area contributed by atoms with Crippen LogP contribution in [-0.4, -0.2) is 52.8 Å². The first-order chi connectivity index (χ1) is 10.8. The number of nitrogens with zero attached hydrogens (tertiary/aromatic N) is 2. The van der Waals surface area contributed by atoms with Crippen molar-refractivity contribution >= 4 is 17.8 Å². The molecule has 23 heavy (non-hydrogen) atoms. The summed E-state index contributed by atoms with van der Waals surface area (Å²) in [6, 6.07) is -1.82. The number of rotatable bonds is 2. The molecule has 0 bridgehead atoms. The van der Waals surface area contributed by atoms with Gasteiger partial charge in [0, 0.05) is 13.5 Å². The summed E-state index contributed by atoms with van der Waals surface area (Å²) in [5, 5.41) is 2.28. The average Bonchev–Trinajstić information content (AvgIpc) is 2.72. The zero-order chi connectivity index (χ0) is 16.9. The lowest BCUT2D eigenvalue weighted by molar-refractivity contribution is -0.136. The van der Waals surface area contributed by atoms with Crippen LogP contribution >= 0.6 is 0 Å². The largest absolute Gasteiger partial charge is 0.321 e. The van der Waals surface area contributed by atoms with Crippen molar-refractivity contribution in [2.45, 2.75) is 44.8 Å². The molecule has 3 rings (SSSR count). The predicted octanol–water partition coefficient (Wildman–Crippen LogP) is 1.35. The normalized spacial score (nSPS) is 31.2. The van der Waals surface area contributed by atoms with Crippen LogP contribution in [-0.2, 0) is 9.59 Å². The predicted molar refractivity (Wildman–Crippen MR) is 80.9 cm³/mol. The Hall–Kier alpha value is -2.18. The van der Waals surface area contributed by atoms with Gasteiger partial charge in [0.2, 0.25) is 11.8 Å². The van der Waals surface area contributed by atoms with E-state index in [2.05, 4.69) is 5.32 Å². The van der Waals surface area contributed by atoms with E-state index in [1.54, 1.807) is 13.1 Å².